The van der Waals surface area contributed by atoms with Crippen LogP contribution in [-0.2, 0) is 0 Å². The topological polar surface area (TPSA) is 81.6 Å². The standard InChI is InChI=1S/C12H9ClN4O/c1-7-11(15-6-16-12(7)18)17-10-3-2-8(5-14)4-9(10)13/h2-4,6H,1H3,(H2,15,16,17,18). The molecular weight excluding hydrogens is 252 g/mol. The lowest BCUT2D eigenvalue weighted by Crippen LogP contribution is -2.12. The van der Waals surface area contributed by atoms with Crippen LogP contribution in [0.3, 0.4) is 0 Å². The molecule has 18 heavy (non-hydrogen) atoms. The Morgan fingerprint density at radius 1 is 1.50 bits per heavy atom. The van der Waals surface area contributed by atoms with Crippen LogP contribution in [-0.4, -0.2) is 9.97 Å². The molecule has 0 bridgehead atoms. The number of hydrogen-bond acceptors (Lipinski definition) is 4. The van der Waals surface area contributed by atoms with E-state index in [4.69, 9.17) is 16.9 Å². The van der Waals surface area contributed by atoms with Crippen LogP contribution in [0.2, 0.25) is 5.02 Å². The quantitative estimate of drug-likeness (QED) is 0.868. The van der Waals surface area contributed by atoms with Crippen LogP contribution in [0.5, 0.6) is 0 Å². The Balaban J connectivity index is 2.38. The normalized spacial score (nSPS) is 9.83. The molecule has 0 saturated carbocycles. The molecule has 1 aromatic heterocycles. The van der Waals surface area contributed by atoms with Crippen molar-refractivity contribution in [2.24, 2.45) is 0 Å². The van der Waals surface area contributed by atoms with E-state index in [0.717, 1.165) is 0 Å². The Hall–Kier alpha value is -2.32. The van der Waals surface area contributed by atoms with Gasteiger partial charge >= 0.3 is 0 Å². The molecule has 90 valence electrons. The summed E-state index contributed by atoms with van der Waals surface area (Å²) in [7, 11) is 0. The van der Waals surface area contributed by atoms with Gasteiger partial charge in [-0.1, -0.05) is 11.6 Å². The van der Waals surface area contributed by atoms with Crippen molar-refractivity contribution in [3.8, 4) is 6.07 Å². The molecule has 5 nitrogen and oxygen atoms in total. The molecule has 0 spiro atoms. The molecule has 0 atom stereocenters. The van der Waals surface area contributed by atoms with Gasteiger partial charge in [0.1, 0.15) is 5.82 Å². The number of aromatic amines is 1. The van der Waals surface area contributed by atoms with Gasteiger partial charge in [-0.15, -0.1) is 0 Å². The molecule has 0 radical (unpaired) electrons. The summed E-state index contributed by atoms with van der Waals surface area (Å²) in [6.45, 7) is 1.66. The fourth-order valence-corrected chi connectivity index (χ4v) is 1.64. The first-order chi connectivity index (χ1) is 8.61. The van der Waals surface area contributed by atoms with Crippen LogP contribution in [0, 0.1) is 18.3 Å². The van der Waals surface area contributed by atoms with E-state index in [-0.39, 0.29) is 5.56 Å². The zero-order valence-electron chi connectivity index (χ0n) is 9.49. The summed E-state index contributed by atoms with van der Waals surface area (Å²) in [5, 5.41) is 12.1. The van der Waals surface area contributed by atoms with Crippen molar-refractivity contribution < 1.29 is 0 Å². The lowest BCUT2D eigenvalue weighted by Gasteiger charge is -2.09. The highest BCUT2D eigenvalue weighted by atomic mass is 35.5. The van der Waals surface area contributed by atoms with Crippen LogP contribution in [0.4, 0.5) is 11.5 Å². The van der Waals surface area contributed by atoms with E-state index >= 15 is 0 Å². The van der Waals surface area contributed by atoms with Crippen LogP contribution >= 0.6 is 11.6 Å². The third-order valence-electron chi connectivity index (χ3n) is 2.44. The maximum Gasteiger partial charge on any atom is 0.255 e. The first-order valence-corrected chi connectivity index (χ1v) is 5.50. The minimum atomic E-state index is -0.211. The number of nitrogens with one attached hydrogen (secondary N) is 2. The number of hydrogen-bond donors (Lipinski definition) is 2. The van der Waals surface area contributed by atoms with Crippen molar-refractivity contribution in [3.63, 3.8) is 0 Å². The second-order valence-corrected chi connectivity index (χ2v) is 4.04. The van der Waals surface area contributed by atoms with Gasteiger partial charge in [-0.2, -0.15) is 5.26 Å². The first-order valence-electron chi connectivity index (χ1n) is 5.13. The fourth-order valence-electron chi connectivity index (χ4n) is 1.41. The Labute approximate surface area is 108 Å². The van der Waals surface area contributed by atoms with Gasteiger partial charge in [0.25, 0.3) is 5.56 Å². The van der Waals surface area contributed by atoms with Gasteiger partial charge in [-0.05, 0) is 25.1 Å². The highest BCUT2D eigenvalue weighted by molar-refractivity contribution is 6.33. The van der Waals surface area contributed by atoms with Crippen LogP contribution in [0.15, 0.2) is 29.3 Å². The Morgan fingerprint density at radius 3 is 2.94 bits per heavy atom. The van der Waals surface area contributed by atoms with E-state index in [1.54, 1.807) is 25.1 Å². The zero-order valence-corrected chi connectivity index (χ0v) is 10.2. The van der Waals surface area contributed by atoms with Crippen molar-refractivity contribution in [2.75, 3.05) is 5.32 Å². The van der Waals surface area contributed by atoms with Crippen molar-refractivity contribution in [1.82, 2.24) is 9.97 Å². The molecule has 0 aliphatic carbocycles. The number of halogens is 1. The van der Waals surface area contributed by atoms with Gasteiger partial charge in [0.15, 0.2) is 0 Å². The Bertz CT molecular complexity index is 687. The number of nitriles is 1. The largest absolute Gasteiger partial charge is 0.339 e. The molecule has 0 aliphatic rings. The van der Waals surface area contributed by atoms with Gasteiger partial charge in [-0.25, -0.2) is 4.98 Å². The average Bonchev–Trinajstić information content (AvgIpc) is 2.37. The third kappa shape index (κ3) is 2.34. The second kappa shape index (κ2) is 4.90. The van der Waals surface area contributed by atoms with Gasteiger partial charge in [0, 0.05) is 0 Å². The number of rotatable bonds is 2. The number of anilines is 2. The number of H-pyrrole nitrogens is 1. The predicted molar refractivity (Wildman–Crippen MR) is 69.0 cm³/mol. The van der Waals surface area contributed by atoms with E-state index in [9.17, 15) is 4.79 Å². The van der Waals surface area contributed by atoms with Crippen LogP contribution < -0.4 is 10.9 Å². The molecule has 6 heteroatoms. The number of nitrogens with zero attached hydrogens (tertiary/aromatic N) is 2. The SMILES string of the molecule is Cc1c(Nc2ccc(C#N)cc2Cl)nc[nH]c1=O. The lowest BCUT2D eigenvalue weighted by atomic mass is 10.2. The van der Waals surface area contributed by atoms with Gasteiger partial charge < -0.3 is 10.3 Å². The maximum atomic E-state index is 11.4. The lowest BCUT2D eigenvalue weighted by molar-refractivity contribution is 1.08. The molecule has 1 aromatic carbocycles. The second-order valence-electron chi connectivity index (χ2n) is 3.64. The molecular formula is C12H9ClN4O. The summed E-state index contributed by atoms with van der Waals surface area (Å²) < 4.78 is 0. The van der Waals surface area contributed by atoms with Crippen molar-refractivity contribution in [1.29, 1.82) is 5.26 Å². The monoisotopic (exact) mass is 260 g/mol. The summed E-state index contributed by atoms with van der Waals surface area (Å²) in [5.74, 6) is 0.436. The Morgan fingerprint density at radius 2 is 2.28 bits per heavy atom. The van der Waals surface area contributed by atoms with E-state index in [2.05, 4.69) is 15.3 Å². The fraction of sp³-hybridized carbons (Fsp3) is 0.0833. The minimum Gasteiger partial charge on any atom is -0.339 e. The Kier molecular flexibility index (Phi) is 3.31. The summed E-state index contributed by atoms with van der Waals surface area (Å²) in [6.07, 6.45) is 1.31. The highest BCUT2D eigenvalue weighted by Crippen LogP contribution is 2.25. The number of benzene rings is 1. The molecule has 2 aromatic rings. The minimum absolute atomic E-state index is 0.211. The van der Waals surface area contributed by atoms with E-state index < -0.39 is 0 Å². The third-order valence-corrected chi connectivity index (χ3v) is 2.75. The van der Waals surface area contributed by atoms with E-state index in [0.29, 0.717) is 27.7 Å². The van der Waals surface area contributed by atoms with Gasteiger partial charge in [-0.3, -0.25) is 4.79 Å². The molecule has 0 aliphatic heterocycles. The molecule has 1 heterocycles. The summed E-state index contributed by atoms with van der Waals surface area (Å²) in [4.78, 5) is 17.9. The first kappa shape index (κ1) is 12.1. The molecule has 0 fully saturated rings. The average molecular weight is 261 g/mol. The van der Waals surface area contributed by atoms with Crippen LogP contribution in [0.25, 0.3) is 0 Å². The van der Waals surface area contributed by atoms with Gasteiger partial charge in [0.2, 0.25) is 0 Å². The zero-order chi connectivity index (χ0) is 13.1. The summed E-state index contributed by atoms with van der Waals surface area (Å²) in [6, 6.07) is 6.85. The van der Waals surface area contributed by atoms with Crippen molar-refractivity contribution in [2.45, 2.75) is 6.92 Å². The maximum absolute atomic E-state index is 11.4. The molecule has 0 amide bonds. The van der Waals surface area contributed by atoms with Gasteiger partial charge in [0.05, 0.1) is 34.2 Å². The van der Waals surface area contributed by atoms with Crippen LogP contribution in [0.1, 0.15) is 11.1 Å². The summed E-state index contributed by atoms with van der Waals surface area (Å²) in [5.41, 5.74) is 1.33. The molecule has 0 saturated heterocycles. The molecule has 0 unspecified atom stereocenters. The smallest absolute Gasteiger partial charge is 0.255 e. The highest BCUT2D eigenvalue weighted by Gasteiger charge is 2.07. The van der Waals surface area contributed by atoms with Crippen molar-refractivity contribution in [3.05, 3.63) is 51.0 Å². The summed E-state index contributed by atoms with van der Waals surface area (Å²) >= 11 is 6.02. The predicted octanol–water partition coefficient (Wildman–Crippen LogP) is 2.35. The number of aromatic nitrogens is 2. The molecule has 2 rings (SSSR count). The van der Waals surface area contributed by atoms with E-state index in [1.165, 1.54) is 6.33 Å². The van der Waals surface area contributed by atoms with Crippen molar-refractivity contribution >= 4 is 23.1 Å². The van der Waals surface area contributed by atoms with E-state index in [1.807, 2.05) is 6.07 Å². The molecule has 2 N–H and O–H groups in total.